The molecule has 168 valence electrons. The molecule has 0 saturated carbocycles. The second-order valence-electron chi connectivity index (χ2n) is 6.60. The summed E-state index contributed by atoms with van der Waals surface area (Å²) in [6.45, 7) is 0.475. The van der Waals surface area contributed by atoms with Crippen LogP contribution in [-0.2, 0) is 14.3 Å². The SMILES string of the molecule is COCCN1C(=O)C(=Cc2ccc(OCC(N)=O)c(Cl)c2)SC1=Nc1ccc(OC)cc1. The lowest BCUT2D eigenvalue weighted by Crippen LogP contribution is -2.32. The van der Waals surface area contributed by atoms with Crippen molar-refractivity contribution in [3.63, 3.8) is 0 Å². The molecule has 1 fully saturated rings. The van der Waals surface area contributed by atoms with Crippen LogP contribution in [0.25, 0.3) is 6.08 Å². The van der Waals surface area contributed by atoms with Gasteiger partial charge in [-0.25, -0.2) is 4.99 Å². The summed E-state index contributed by atoms with van der Waals surface area (Å²) in [7, 11) is 3.17. The maximum Gasteiger partial charge on any atom is 0.266 e. The molecule has 10 heteroatoms. The van der Waals surface area contributed by atoms with Crippen molar-refractivity contribution in [3.8, 4) is 11.5 Å². The summed E-state index contributed by atoms with van der Waals surface area (Å²) in [6, 6.07) is 12.3. The van der Waals surface area contributed by atoms with Gasteiger partial charge in [0.25, 0.3) is 11.8 Å². The minimum absolute atomic E-state index is 0.176. The third-order valence-corrected chi connectivity index (χ3v) is 5.63. The number of ether oxygens (including phenoxy) is 3. The molecule has 3 rings (SSSR count). The molecule has 2 amide bonds. The van der Waals surface area contributed by atoms with Gasteiger partial charge in [0.05, 0.1) is 35.9 Å². The van der Waals surface area contributed by atoms with Crippen LogP contribution in [0.15, 0.2) is 52.4 Å². The summed E-state index contributed by atoms with van der Waals surface area (Å²) in [5.41, 5.74) is 6.49. The summed E-state index contributed by atoms with van der Waals surface area (Å²) < 4.78 is 15.6. The average molecular weight is 476 g/mol. The number of carbonyl (C=O) groups is 2. The van der Waals surface area contributed by atoms with Crippen molar-refractivity contribution in [2.75, 3.05) is 34.0 Å². The van der Waals surface area contributed by atoms with Gasteiger partial charge in [0.2, 0.25) is 0 Å². The van der Waals surface area contributed by atoms with Gasteiger partial charge in [0.15, 0.2) is 11.8 Å². The van der Waals surface area contributed by atoms with Gasteiger partial charge in [-0.2, -0.15) is 0 Å². The number of nitrogens with two attached hydrogens (primary N) is 1. The molecule has 0 aromatic heterocycles. The Morgan fingerprint density at radius 3 is 2.59 bits per heavy atom. The second-order valence-corrected chi connectivity index (χ2v) is 8.01. The number of amidine groups is 1. The van der Waals surface area contributed by atoms with Crippen LogP contribution >= 0.6 is 23.4 Å². The van der Waals surface area contributed by atoms with Crippen molar-refractivity contribution < 1.29 is 23.8 Å². The van der Waals surface area contributed by atoms with Crippen molar-refractivity contribution in [2.45, 2.75) is 0 Å². The van der Waals surface area contributed by atoms with Crippen LogP contribution in [0.5, 0.6) is 11.5 Å². The highest BCUT2D eigenvalue weighted by Crippen LogP contribution is 2.35. The highest BCUT2D eigenvalue weighted by atomic mass is 35.5. The molecule has 0 spiro atoms. The molecule has 2 N–H and O–H groups in total. The molecule has 0 aliphatic carbocycles. The Morgan fingerprint density at radius 1 is 1.22 bits per heavy atom. The van der Waals surface area contributed by atoms with E-state index in [4.69, 9.17) is 31.5 Å². The standard InChI is InChI=1S/C22H22ClN3O5S/c1-29-10-9-26-21(28)19(32-22(26)25-15-4-6-16(30-2)7-5-15)12-14-3-8-18(17(23)11-14)31-13-20(24)27/h3-8,11-12H,9-10,13H2,1-2H3,(H2,24,27). The van der Waals surface area contributed by atoms with Crippen molar-refractivity contribution in [1.29, 1.82) is 0 Å². The number of amides is 2. The molecule has 0 unspecified atom stereocenters. The number of nitrogens with zero attached hydrogens (tertiary/aromatic N) is 2. The van der Waals surface area contributed by atoms with E-state index in [0.29, 0.717) is 45.2 Å². The van der Waals surface area contributed by atoms with E-state index < -0.39 is 5.91 Å². The zero-order valence-corrected chi connectivity index (χ0v) is 19.1. The fourth-order valence-corrected chi connectivity index (χ4v) is 4.03. The van der Waals surface area contributed by atoms with E-state index >= 15 is 0 Å². The first-order valence-electron chi connectivity index (χ1n) is 9.55. The fourth-order valence-electron chi connectivity index (χ4n) is 2.76. The summed E-state index contributed by atoms with van der Waals surface area (Å²) in [4.78, 5) is 30.6. The quantitative estimate of drug-likeness (QED) is 0.557. The number of benzene rings is 2. The first kappa shape index (κ1) is 23.6. The number of aliphatic imine (C=N–C) groups is 1. The van der Waals surface area contributed by atoms with Crippen LogP contribution in [0, 0.1) is 0 Å². The van der Waals surface area contributed by atoms with Gasteiger partial charge >= 0.3 is 0 Å². The number of methoxy groups -OCH3 is 2. The van der Waals surface area contributed by atoms with Gasteiger partial charge in [-0.3, -0.25) is 14.5 Å². The maximum absolute atomic E-state index is 13.0. The fraction of sp³-hybridized carbons (Fsp3) is 0.227. The van der Waals surface area contributed by atoms with Gasteiger partial charge in [0, 0.05) is 7.11 Å². The second kappa shape index (κ2) is 11.0. The minimum Gasteiger partial charge on any atom is -0.497 e. The van der Waals surface area contributed by atoms with Crippen LogP contribution in [-0.4, -0.2) is 55.9 Å². The highest BCUT2D eigenvalue weighted by Gasteiger charge is 2.33. The van der Waals surface area contributed by atoms with Crippen LogP contribution < -0.4 is 15.2 Å². The van der Waals surface area contributed by atoms with Crippen molar-refractivity contribution in [1.82, 2.24) is 4.90 Å². The van der Waals surface area contributed by atoms with Gasteiger partial charge < -0.3 is 19.9 Å². The van der Waals surface area contributed by atoms with E-state index in [-0.39, 0.29) is 12.5 Å². The number of carbonyl (C=O) groups excluding carboxylic acids is 2. The maximum atomic E-state index is 13.0. The largest absolute Gasteiger partial charge is 0.497 e. The molecule has 0 atom stereocenters. The number of rotatable bonds is 9. The Balaban J connectivity index is 1.85. The third-order valence-electron chi connectivity index (χ3n) is 4.33. The Morgan fingerprint density at radius 2 is 1.97 bits per heavy atom. The predicted molar refractivity (Wildman–Crippen MR) is 125 cm³/mol. The van der Waals surface area contributed by atoms with E-state index in [1.165, 1.54) is 11.8 Å². The van der Waals surface area contributed by atoms with Crippen LogP contribution in [0.3, 0.4) is 0 Å². The predicted octanol–water partition coefficient (Wildman–Crippen LogP) is 3.46. The Labute approximate surface area is 195 Å². The van der Waals surface area contributed by atoms with E-state index in [0.717, 1.165) is 5.75 Å². The van der Waals surface area contributed by atoms with Crippen molar-refractivity contribution >= 4 is 52.1 Å². The molecule has 1 aliphatic heterocycles. The van der Waals surface area contributed by atoms with E-state index in [2.05, 4.69) is 4.99 Å². The van der Waals surface area contributed by atoms with Crippen molar-refractivity contribution in [2.24, 2.45) is 10.7 Å². The number of hydrogen-bond donors (Lipinski definition) is 1. The highest BCUT2D eigenvalue weighted by molar-refractivity contribution is 8.18. The summed E-state index contributed by atoms with van der Waals surface area (Å²) >= 11 is 7.50. The molecule has 0 radical (unpaired) electrons. The molecular formula is C22H22ClN3O5S. The Bertz CT molecular complexity index is 1060. The first-order chi connectivity index (χ1) is 15.4. The Kier molecular flexibility index (Phi) is 8.15. The molecular weight excluding hydrogens is 454 g/mol. The normalized spacial score (nSPS) is 16.1. The summed E-state index contributed by atoms with van der Waals surface area (Å²) in [5.74, 6) is 0.284. The van der Waals surface area contributed by atoms with Crippen LogP contribution in [0.1, 0.15) is 5.56 Å². The van der Waals surface area contributed by atoms with E-state index in [1.807, 2.05) is 12.1 Å². The van der Waals surface area contributed by atoms with E-state index in [9.17, 15) is 9.59 Å². The molecule has 8 nitrogen and oxygen atoms in total. The number of hydrogen-bond acceptors (Lipinski definition) is 7. The number of thioether (sulfide) groups is 1. The number of halogens is 1. The lowest BCUT2D eigenvalue weighted by Gasteiger charge is -2.14. The first-order valence-corrected chi connectivity index (χ1v) is 10.7. The zero-order valence-electron chi connectivity index (χ0n) is 17.5. The van der Waals surface area contributed by atoms with Crippen molar-refractivity contribution in [3.05, 3.63) is 58.0 Å². The average Bonchev–Trinajstić information content (AvgIpc) is 3.06. The zero-order chi connectivity index (χ0) is 23.1. The molecule has 2 aromatic rings. The van der Waals surface area contributed by atoms with Gasteiger partial charge in [-0.1, -0.05) is 17.7 Å². The lowest BCUT2D eigenvalue weighted by atomic mass is 10.2. The molecule has 32 heavy (non-hydrogen) atoms. The summed E-state index contributed by atoms with van der Waals surface area (Å²) in [6.07, 6.45) is 1.73. The Hall–Kier alpha value is -3.01. The minimum atomic E-state index is -0.597. The van der Waals surface area contributed by atoms with Crippen LogP contribution in [0.4, 0.5) is 5.69 Å². The molecule has 0 bridgehead atoms. The van der Waals surface area contributed by atoms with E-state index in [1.54, 1.807) is 55.5 Å². The topological polar surface area (TPSA) is 103 Å². The molecule has 1 aliphatic rings. The van der Waals surface area contributed by atoms with Gasteiger partial charge in [-0.05, 0) is 59.8 Å². The lowest BCUT2D eigenvalue weighted by molar-refractivity contribution is -0.122. The smallest absolute Gasteiger partial charge is 0.266 e. The summed E-state index contributed by atoms with van der Waals surface area (Å²) in [5, 5.41) is 0.857. The molecule has 2 aromatic carbocycles. The molecule has 1 heterocycles. The molecule has 1 saturated heterocycles. The monoisotopic (exact) mass is 475 g/mol. The third kappa shape index (κ3) is 6.03. The van der Waals surface area contributed by atoms with Gasteiger partial charge in [0.1, 0.15) is 11.5 Å². The van der Waals surface area contributed by atoms with Crippen LogP contribution in [0.2, 0.25) is 5.02 Å². The number of primary amides is 1. The van der Waals surface area contributed by atoms with Gasteiger partial charge in [-0.15, -0.1) is 0 Å².